The molecule has 1 aliphatic rings. The molecule has 2 nitrogen and oxygen atoms in total. The summed E-state index contributed by atoms with van der Waals surface area (Å²) in [4.78, 5) is 2.58. The third-order valence-corrected chi connectivity index (χ3v) is 3.28. The molecular formula is C12H25NO. The molecule has 14 heavy (non-hydrogen) atoms. The van der Waals surface area contributed by atoms with Crippen LogP contribution in [-0.4, -0.2) is 35.2 Å². The second kappa shape index (κ2) is 6.41. The van der Waals surface area contributed by atoms with E-state index < -0.39 is 0 Å². The lowest BCUT2D eigenvalue weighted by Gasteiger charge is -2.37. The van der Waals surface area contributed by atoms with E-state index in [1.54, 1.807) is 0 Å². The molecule has 0 heterocycles. The van der Waals surface area contributed by atoms with E-state index in [0.29, 0.717) is 12.6 Å². The van der Waals surface area contributed by atoms with Gasteiger partial charge in [0, 0.05) is 25.2 Å². The van der Waals surface area contributed by atoms with E-state index in [-0.39, 0.29) is 0 Å². The molecule has 1 rings (SSSR count). The number of hydrogen-bond acceptors (Lipinski definition) is 2. The summed E-state index contributed by atoms with van der Waals surface area (Å²) in [5, 5.41) is 8.87. The maximum Gasteiger partial charge on any atom is 0.0443 e. The number of aliphatic hydroxyl groups excluding tert-OH is 1. The fourth-order valence-corrected chi connectivity index (χ4v) is 2.53. The van der Waals surface area contributed by atoms with Gasteiger partial charge in [0.1, 0.15) is 0 Å². The normalized spacial score (nSPS) is 19.5. The van der Waals surface area contributed by atoms with Crippen LogP contribution in [-0.2, 0) is 0 Å². The van der Waals surface area contributed by atoms with Crippen molar-refractivity contribution in [1.29, 1.82) is 0 Å². The van der Waals surface area contributed by atoms with Crippen molar-refractivity contribution in [3.05, 3.63) is 0 Å². The summed E-state index contributed by atoms with van der Waals surface area (Å²) in [6.07, 6.45) is 7.87. The van der Waals surface area contributed by atoms with E-state index in [9.17, 15) is 0 Å². The molecule has 0 saturated heterocycles. The van der Waals surface area contributed by atoms with E-state index in [4.69, 9.17) is 5.11 Å². The van der Waals surface area contributed by atoms with Gasteiger partial charge in [-0.25, -0.2) is 0 Å². The molecule has 84 valence electrons. The zero-order valence-electron chi connectivity index (χ0n) is 9.71. The smallest absolute Gasteiger partial charge is 0.0443 e. The van der Waals surface area contributed by atoms with Gasteiger partial charge in [0.25, 0.3) is 0 Å². The van der Waals surface area contributed by atoms with Crippen LogP contribution < -0.4 is 0 Å². The number of hydrogen-bond donors (Lipinski definition) is 1. The van der Waals surface area contributed by atoms with Gasteiger partial charge in [-0.2, -0.15) is 0 Å². The first-order valence-electron chi connectivity index (χ1n) is 6.12. The van der Waals surface area contributed by atoms with Crippen LogP contribution in [0.5, 0.6) is 0 Å². The first-order chi connectivity index (χ1) is 6.75. The van der Waals surface area contributed by atoms with Crippen molar-refractivity contribution in [2.45, 2.75) is 64.5 Å². The third-order valence-electron chi connectivity index (χ3n) is 3.28. The molecule has 0 atom stereocenters. The summed E-state index contributed by atoms with van der Waals surface area (Å²) < 4.78 is 0. The fraction of sp³-hybridized carbons (Fsp3) is 1.00. The zero-order chi connectivity index (χ0) is 10.4. The summed E-state index contributed by atoms with van der Waals surface area (Å²) >= 11 is 0. The Morgan fingerprint density at radius 1 is 1.21 bits per heavy atom. The van der Waals surface area contributed by atoms with Crippen molar-refractivity contribution in [3.63, 3.8) is 0 Å². The van der Waals surface area contributed by atoms with Gasteiger partial charge >= 0.3 is 0 Å². The summed E-state index contributed by atoms with van der Waals surface area (Å²) in [5.74, 6) is 0. The van der Waals surface area contributed by atoms with Gasteiger partial charge in [0.05, 0.1) is 0 Å². The highest BCUT2D eigenvalue weighted by Gasteiger charge is 2.22. The van der Waals surface area contributed by atoms with Crippen LogP contribution in [0.3, 0.4) is 0 Å². The molecule has 0 spiro atoms. The molecule has 2 heteroatoms. The van der Waals surface area contributed by atoms with E-state index in [2.05, 4.69) is 18.7 Å². The summed E-state index contributed by atoms with van der Waals surface area (Å²) in [5.41, 5.74) is 0. The van der Waals surface area contributed by atoms with Crippen molar-refractivity contribution in [2.24, 2.45) is 0 Å². The lowest BCUT2D eigenvalue weighted by molar-refractivity contribution is 0.110. The molecule has 0 aliphatic heterocycles. The van der Waals surface area contributed by atoms with Gasteiger partial charge in [-0.1, -0.05) is 19.3 Å². The predicted octanol–water partition coefficient (Wildman–Crippen LogP) is 2.41. The highest BCUT2D eigenvalue weighted by Crippen LogP contribution is 2.24. The molecular weight excluding hydrogens is 174 g/mol. The topological polar surface area (TPSA) is 23.5 Å². The van der Waals surface area contributed by atoms with Gasteiger partial charge in [-0.15, -0.1) is 0 Å². The second-order valence-corrected chi connectivity index (χ2v) is 4.70. The van der Waals surface area contributed by atoms with Gasteiger partial charge in [-0.05, 0) is 33.1 Å². The van der Waals surface area contributed by atoms with Crippen molar-refractivity contribution in [2.75, 3.05) is 13.2 Å². The predicted molar refractivity (Wildman–Crippen MR) is 60.4 cm³/mol. The highest BCUT2D eigenvalue weighted by atomic mass is 16.3. The van der Waals surface area contributed by atoms with Gasteiger partial charge in [0.15, 0.2) is 0 Å². The van der Waals surface area contributed by atoms with Crippen LogP contribution in [0.1, 0.15) is 52.4 Å². The highest BCUT2D eigenvalue weighted by molar-refractivity contribution is 4.77. The van der Waals surface area contributed by atoms with E-state index >= 15 is 0 Å². The van der Waals surface area contributed by atoms with E-state index in [0.717, 1.165) is 19.0 Å². The summed E-state index contributed by atoms with van der Waals surface area (Å²) in [6.45, 7) is 5.94. The first-order valence-corrected chi connectivity index (χ1v) is 6.12. The van der Waals surface area contributed by atoms with Crippen molar-refractivity contribution in [1.82, 2.24) is 4.90 Å². The minimum Gasteiger partial charge on any atom is -0.396 e. The average Bonchev–Trinajstić information content (AvgIpc) is 2.19. The Hall–Kier alpha value is -0.0800. The zero-order valence-corrected chi connectivity index (χ0v) is 9.71. The van der Waals surface area contributed by atoms with Gasteiger partial charge in [-0.3, -0.25) is 4.90 Å². The van der Waals surface area contributed by atoms with Gasteiger partial charge in [0.2, 0.25) is 0 Å². The molecule has 1 fully saturated rings. The molecule has 1 aliphatic carbocycles. The maximum atomic E-state index is 8.87. The Kier molecular flexibility index (Phi) is 5.49. The molecule has 1 N–H and O–H groups in total. The molecule has 0 amide bonds. The largest absolute Gasteiger partial charge is 0.396 e. The Balaban J connectivity index is 2.39. The van der Waals surface area contributed by atoms with Crippen LogP contribution in [0.25, 0.3) is 0 Å². The van der Waals surface area contributed by atoms with Crippen LogP contribution in [0.2, 0.25) is 0 Å². The standard InChI is InChI=1S/C12H25NO/c1-11(2)13(9-6-10-14)12-7-4-3-5-8-12/h11-12,14H,3-10H2,1-2H3. The molecule has 0 unspecified atom stereocenters. The van der Waals surface area contributed by atoms with Crippen molar-refractivity contribution >= 4 is 0 Å². The second-order valence-electron chi connectivity index (χ2n) is 4.70. The van der Waals surface area contributed by atoms with Gasteiger partial charge < -0.3 is 5.11 Å². The average molecular weight is 199 g/mol. The summed E-state index contributed by atoms with van der Waals surface area (Å²) in [7, 11) is 0. The Morgan fingerprint density at radius 3 is 2.36 bits per heavy atom. The molecule has 0 aromatic heterocycles. The van der Waals surface area contributed by atoms with E-state index in [1.165, 1.54) is 32.1 Å². The van der Waals surface area contributed by atoms with Crippen molar-refractivity contribution < 1.29 is 5.11 Å². The minimum atomic E-state index is 0.329. The number of rotatable bonds is 5. The fourth-order valence-electron chi connectivity index (χ4n) is 2.53. The Bertz CT molecular complexity index is 141. The molecule has 0 aromatic carbocycles. The number of nitrogens with zero attached hydrogens (tertiary/aromatic N) is 1. The van der Waals surface area contributed by atoms with Crippen molar-refractivity contribution in [3.8, 4) is 0 Å². The Morgan fingerprint density at radius 2 is 1.86 bits per heavy atom. The molecule has 0 bridgehead atoms. The SMILES string of the molecule is CC(C)N(CCCO)C1CCCCC1. The minimum absolute atomic E-state index is 0.329. The van der Waals surface area contributed by atoms with Crippen LogP contribution >= 0.6 is 0 Å². The first kappa shape index (κ1) is 12.0. The van der Waals surface area contributed by atoms with Crippen LogP contribution in [0.4, 0.5) is 0 Å². The lowest BCUT2D eigenvalue weighted by atomic mass is 9.93. The molecule has 0 aromatic rings. The van der Waals surface area contributed by atoms with E-state index in [1.807, 2.05) is 0 Å². The lowest BCUT2D eigenvalue weighted by Crippen LogP contribution is -2.42. The third kappa shape index (κ3) is 3.58. The monoisotopic (exact) mass is 199 g/mol. The molecule has 1 saturated carbocycles. The quantitative estimate of drug-likeness (QED) is 0.735. The van der Waals surface area contributed by atoms with Crippen LogP contribution in [0.15, 0.2) is 0 Å². The maximum absolute atomic E-state index is 8.87. The Labute approximate surface area is 88.3 Å². The molecule has 0 radical (unpaired) electrons. The van der Waals surface area contributed by atoms with Crippen LogP contribution in [0, 0.1) is 0 Å². The summed E-state index contributed by atoms with van der Waals surface area (Å²) in [6, 6.07) is 1.42. The number of aliphatic hydroxyl groups is 1.